The molecular weight excluding hydrogens is 365 g/mol. The number of para-hydroxylation sites is 1. The zero-order chi connectivity index (χ0) is 20.6. The quantitative estimate of drug-likeness (QED) is 0.348. The molecule has 0 saturated heterocycles. The Balaban J connectivity index is 1.46. The summed E-state index contributed by atoms with van der Waals surface area (Å²) in [7, 11) is 5.64. The Labute approximate surface area is 172 Å². The van der Waals surface area contributed by atoms with E-state index in [2.05, 4.69) is 56.7 Å². The van der Waals surface area contributed by atoms with Gasteiger partial charge in [-0.15, -0.1) is 0 Å². The number of halogens is 1. The molecule has 29 heavy (non-hydrogen) atoms. The van der Waals surface area contributed by atoms with Gasteiger partial charge in [-0.2, -0.15) is 0 Å². The molecule has 0 unspecified atom stereocenters. The highest BCUT2D eigenvalue weighted by Gasteiger charge is 2.06. The van der Waals surface area contributed by atoms with E-state index in [4.69, 9.17) is 0 Å². The largest absolute Gasteiger partial charge is 0.356 e. The Bertz CT molecular complexity index is 961. The first-order valence-electron chi connectivity index (χ1n) is 9.97. The Morgan fingerprint density at radius 2 is 1.93 bits per heavy atom. The van der Waals surface area contributed by atoms with E-state index < -0.39 is 0 Å². The molecule has 0 aliphatic carbocycles. The number of hydrogen-bond acceptors (Lipinski definition) is 2. The molecule has 0 aliphatic rings. The van der Waals surface area contributed by atoms with Crippen molar-refractivity contribution in [3.05, 3.63) is 71.7 Å². The molecule has 0 radical (unpaired) electrons. The number of nitrogens with zero attached hydrogens (tertiary/aromatic N) is 3. The lowest BCUT2D eigenvalue weighted by Gasteiger charge is -2.14. The molecule has 1 aromatic heterocycles. The van der Waals surface area contributed by atoms with Gasteiger partial charge in [0, 0.05) is 50.5 Å². The average Bonchev–Trinajstić information content (AvgIpc) is 3.12. The molecule has 154 valence electrons. The van der Waals surface area contributed by atoms with Crippen molar-refractivity contribution >= 4 is 16.9 Å². The van der Waals surface area contributed by atoms with Crippen LogP contribution < -0.4 is 10.6 Å². The Hall–Kier alpha value is -2.86. The van der Waals surface area contributed by atoms with Crippen LogP contribution in [-0.4, -0.2) is 43.1 Å². The van der Waals surface area contributed by atoms with E-state index in [1.807, 2.05) is 31.1 Å². The van der Waals surface area contributed by atoms with Crippen molar-refractivity contribution < 1.29 is 4.39 Å². The predicted molar refractivity (Wildman–Crippen MR) is 119 cm³/mol. The minimum Gasteiger partial charge on any atom is -0.356 e. The number of benzene rings is 2. The second-order valence-corrected chi connectivity index (χ2v) is 7.44. The van der Waals surface area contributed by atoms with Gasteiger partial charge in [0.2, 0.25) is 0 Å². The van der Waals surface area contributed by atoms with Gasteiger partial charge in [-0.3, -0.25) is 4.99 Å². The molecule has 3 rings (SSSR count). The molecule has 0 spiro atoms. The van der Waals surface area contributed by atoms with E-state index >= 15 is 0 Å². The minimum absolute atomic E-state index is 0.164. The van der Waals surface area contributed by atoms with E-state index in [9.17, 15) is 4.39 Å². The number of fused-ring (bicyclic) bond motifs is 1. The number of guanidine groups is 1. The van der Waals surface area contributed by atoms with E-state index in [0.717, 1.165) is 31.0 Å². The highest BCUT2D eigenvalue weighted by atomic mass is 19.1. The Morgan fingerprint density at radius 1 is 1.10 bits per heavy atom. The molecule has 1 heterocycles. The summed E-state index contributed by atoms with van der Waals surface area (Å²) in [4.78, 5) is 6.24. The zero-order valence-electron chi connectivity index (χ0n) is 17.5. The van der Waals surface area contributed by atoms with Gasteiger partial charge < -0.3 is 20.1 Å². The van der Waals surface area contributed by atoms with Crippen LogP contribution in [0.1, 0.15) is 17.5 Å². The van der Waals surface area contributed by atoms with Gasteiger partial charge in [0.15, 0.2) is 5.96 Å². The van der Waals surface area contributed by atoms with Crippen LogP contribution in [0, 0.1) is 5.82 Å². The summed E-state index contributed by atoms with van der Waals surface area (Å²) in [6.07, 6.45) is 3.13. The molecule has 2 aromatic carbocycles. The molecule has 0 fully saturated rings. The third-order valence-electron chi connectivity index (χ3n) is 4.83. The maximum atomic E-state index is 13.9. The third kappa shape index (κ3) is 5.81. The molecule has 0 bridgehead atoms. The van der Waals surface area contributed by atoms with Crippen molar-refractivity contribution in [3.8, 4) is 0 Å². The number of aryl methyl sites for hydroxylation is 1. The van der Waals surface area contributed by atoms with Crippen molar-refractivity contribution in [2.45, 2.75) is 26.1 Å². The second kappa shape index (κ2) is 10.1. The van der Waals surface area contributed by atoms with E-state index in [-0.39, 0.29) is 5.82 Å². The van der Waals surface area contributed by atoms with Crippen molar-refractivity contribution in [2.24, 2.45) is 4.99 Å². The van der Waals surface area contributed by atoms with Crippen LogP contribution in [0.3, 0.4) is 0 Å². The number of nitrogens with one attached hydrogen (secondary N) is 2. The standard InChI is InChI=1S/C23H30FN5/c1-25-23(27-16-18-9-10-21(24)20(15-18)17-28(2)3)26-12-6-13-29-14-11-19-7-4-5-8-22(19)29/h4-5,7-11,14-15H,6,12-13,16-17H2,1-3H3,(H2,25,26,27). The van der Waals surface area contributed by atoms with Crippen LogP contribution in [0.25, 0.3) is 10.9 Å². The summed E-state index contributed by atoms with van der Waals surface area (Å²) < 4.78 is 16.2. The minimum atomic E-state index is -0.164. The summed E-state index contributed by atoms with van der Waals surface area (Å²) in [5.41, 5.74) is 3.00. The molecule has 2 N–H and O–H groups in total. The van der Waals surface area contributed by atoms with Gasteiger partial charge in [0.1, 0.15) is 5.82 Å². The lowest BCUT2D eigenvalue weighted by atomic mass is 10.1. The molecule has 0 atom stereocenters. The number of hydrogen-bond donors (Lipinski definition) is 2. The van der Waals surface area contributed by atoms with Crippen LogP contribution in [0.5, 0.6) is 0 Å². The maximum absolute atomic E-state index is 13.9. The first-order chi connectivity index (χ1) is 14.1. The highest BCUT2D eigenvalue weighted by Crippen LogP contribution is 2.15. The number of rotatable bonds is 8. The lowest BCUT2D eigenvalue weighted by Crippen LogP contribution is -2.37. The van der Waals surface area contributed by atoms with Gasteiger partial charge in [-0.25, -0.2) is 4.39 Å². The smallest absolute Gasteiger partial charge is 0.191 e. The molecule has 3 aromatic rings. The number of aromatic nitrogens is 1. The summed E-state index contributed by atoms with van der Waals surface area (Å²) in [5.74, 6) is 0.586. The van der Waals surface area contributed by atoms with Crippen LogP contribution in [0.15, 0.2) is 59.7 Å². The summed E-state index contributed by atoms with van der Waals surface area (Å²) >= 11 is 0. The lowest BCUT2D eigenvalue weighted by molar-refractivity contribution is 0.392. The van der Waals surface area contributed by atoms with Crippen LogP contribution in [-0.2, 0) is 19.6 Å². The second-order valence-electron chi connectivity index (χ2n) is 7.44. The summed E-state index contributed by atoms with van der Waals surface area (Å²) in [6.45, 7) is 2.95. The van der Waals surface area contributed by atoms with E-state index in [1.54, 1.807) is 7.05 Å². The topological polar surface area (TPSA) is 44.6 Å². The van der Waals surface area contributed by atoms with E-state index in [0.29, 0.717) is 18.7 Å². The molecule has 5 nitrogen and oxygen atoms in total. The summed E-state index contributed by atoms with van der Waals surface area (Å²) in [6, 6.07) is 15.8. The Morgan fingerprint density at radius 3 is 2.72 bits per heavy atom. The third-order valence-corrected chi connectivity index (χ3v) is 4.83. The van der Waals surface area contributed by atoms with Crippen molar-refractivity contribution in [1.29, 1.82) is 0 Å². The van der Waals surface area contributed by atoms with Crippen molar-refractivity contribution in [1.82, 2.24) is 20.1 Å². The average molecular weight is 396 g/mol. The number of aliphatic imine (C=N–C) groups is 1. The van der Waals surface area contributed by atoms with Crippen LogP contribution in [0.2, 0.25) is 0 Å². The molecule has 0 aliphatic heterocycles. The zero-order valence-corrected chi connectivity index (χ0v) is 17.5. The molecule has 6 heteroatoms. The predicted octanol–water partition coefficient (Wildman–Crippen LogP) is 3.60. The van der Waals surface area contributed by atoms with Crippen molar-refractivity contribution in [3.63, 3.8) is 0 Å². The van der Waals surface area contributed by atoms with E-state index in [1.165, 1.54) is 17.0 Å². The van der Waals surface area contributed by atoms with Gasteiger partial charge >= 0.3 is 0 Å². The maximum Gasteiger partial charge on any atom is 0.191 e. The van der Waals surface area contributed by atoms with Crippen LogP contribution >= 0.6 is 0 Å². The Kier molecular flexibility index (Phi) is 7.25. The first kappa shape index (κ1) is 20.9. The van der Waals surface area contributed by atoms with Gasteiger partial charge in [0.05, 0.1) is 0 Å². The van der Waals surface area contributed by atoms with Crippen LogP contribution in [0.4, 0.5) is 4.39 Å². The summed E-state index contributed by atoms with van der Waals surface area (Å²) in [5, 5.41) is 7.93. The highest BCUT2D eigenvalue weighted by molar-refractivity contribution is 5.80. The fraction of sp³-hybridized carbons (Fsp3) is 0.348. The fourth-order valence-corrected chi connectivity index (χ4v) is 3.40. The fourth-order valence-electron chi connectivity index (χ4n) is 3.40. The normalized spacial score (nSPS) is 12.0. The van der Waals surface area contributed by atoms with Crippen molar-refractivity contribution in [2.75, 3.05) is 27.7 Å². The van der Waals surface area contributed by atoms with Gasteiger partial charge in [-0.1, -0.05) is 24.3 Å². The molecule has 0 amide bonds. The SMILES string of the molecule is CN=C(NCCCn1ccc2ccccc21)NCc1ccc(F)c(CN(C)C)c1. The monoisotopic (exact) mass is 395 g/mol. The molecule has 0 saturated carbocycles. The molecular formula is C23H30FN5. The first-order valence-corrected chi connectivity index (χ1v) is 9.97. The van der Waals surface area contributed by atoms with Gasteiger partial charge in [-0.05, 0) is 55.7 Å². The van der Waals surface area contributed by atoms with Gasteiger partial charge in [0.25, 0.3) is 0 Å².